The van der Waals surface area contributed by atoms with Crippen LogP contribution in [-0.4, -0.2) is 105 Å². The molecule has 0 spiro atoms. The summed E-state index contributed by atoms with van der Waals surface area (Å²) in [6, 6.07) is 30.0. The topological polar surface area (TPSA) is 102 Å². The number of likely N-dealkylation sites (N-methyl/N-ethyl adjacent to an activating group) is 2. The number of ether oxygens (including phenoxy) is 10. The van der Waals surface area contributed by atoms with E-state index in [4.69, 9.17) is 47.4 Å². The van der Waals surface area contributed by atoms with Gasteiger partial charge in [0.15, 0.2) is 57.5 Å². The fraction of sp³-hybridized carbons (Fsp3) is 0.390. The first-order chi connectivity index (χ1) is 35.1. The summed E-state index contributed by atoms with van der Waals surface area (Å²) in [5, 5.41) is 0. The molecule has 6 aromatic rings. The van der Waals surface area contributed by atoms with Crippen LogP contribution in [0.1, 0.15) is 73.8 Å². The number of benzene rings is 6. The molecule has 0 aliphatic carbocycles. The molecular weight excluding hydrogens is 911 g/mol. The average Bonchev–Trinajstić information content (AvgIpc) is 3.41. The molecule has 0 radical (unpaired) electrons. The van der Waals surface area contributed by atoms with E-state index in [2.05, 4.69) is 89.5 Å². The van der Waals surface area contributed by atoms with Crippen LogP contribution in [0.25, 0.3) is 0 Å². The molecule has 6 aliphatic heterocycles. The van der Waals surface area contributed by atoms with E-state index in [1.807, 2.05) is 24.3 Å². The van der Waals surface area contributed by atoms with Crippen LogP contribution in [0, 0.1) is 0 Å². The highest BCUT2D eigenvalue weighted by Crippen LogP contribution is 2.52. The van der Waals surface area contributed by atoms with Crippen LogP contribution in [0.5, 0.6) is 69.0 Å². The molecule has 13 heteroatoms. The van der Waals surface area contributed by atoms with Gasteiger partial charge in [0.05, 0.1) is 56.9 Å². The van der Waals surface area contributed by atoms with Gasteiger partial charge in [-0.1, -0.05) is 24.3 Å². The van der Waals surface area contributed by atoms with Crippen molar-refractivity contribution in [1.82, 2.24) is 14.7 Å². The van der Waals surface area contributed by atoms with Gasteiger partial charge in [0.1, 0.15) is 5.75 Å². The third kappa shape index (κ3) is 9.07. The maximum atomic E-state index is 7.03. The third-order valence-corrected chi connectivity index (χ3v) is 15.5. The van der Waals surface area contributed by atoms with E-state index in [0.717, 1.165) is 105 Å². The van der Waals surface area contributed by atoms with E-state index in [-0.39, 0.29) is 12.1 Å². The first-order valence-corrected chi connectivity index (χ1v) is 24.8. The van der Waals surface area contributed by atoms with Crippen LogP contribution < -0.4 is 47.4 Å². The van der Waals surface area contributed by atoms with Crippen molar-refractivity contribution in [3.05, 3.63) is 141 Å². The molecule has 0 N–H and O–H groups in total. The Kier molecular flexibility index (Phi) is 14.1. The smallest absolute Gasteiger partial charge is 0.204 e. The standard InChI is InChI=1S/C38H42N2O6.C21H25NO4/c1-39-15-13-25-20-32(42-4)34-22-28(25)29(39)17-23-7-10-27(11-8-23)45-33-19-24(9-12-31(33)41-3)18-30-36-26(14-16-40(30)2)21-35(43-5)37(44-6)38(36)46-34;1-23-18-6-5-13-9-17-15-11-20(25-3)19(24-2)10-14(15)7-8-22(17)12-16(13)21(18)26-4/h7-12,19-22,29-30H,13-18H2,1-6H3;5-6,10-11,17H,7-9,12H2,1-4H3/t29-,30-;/m0./s1. The maximum Gasteiger partial charge on any atom is 0.204 e. The molecule has 3 atom stereocenters. The lowest BCUT2D eigenvalue weighted by molar-refractivity contribution is 0.157. The van der Waals surface area contributed by atoms with Crippen molar-refractivity contribution in [3.8, 4) is 69.0 Å². The monoisotopic (exact) mass is 977 g/mol. The molecule has 6 aromatic carbocycles. The fourth-order valence-corrected chi connectivity index (χ4v) is 11.6. The van der Waals surface area contributed by atoms with Gasteiger partial charge in [0.25, 0.3) is 0 Å². The maximum absolute atomic E-state index is 7.03. The van der Waals surface area contributed by atoms with Gasteiger partial charge in [-0.25, -0.2) is 0 Å². The SMILES string of the molecule is COc1cc2c(cc1OC)C1Cc3ccc(OC)c(OC)c3CN1CC2.COc1ccc2cc1Oc1ccc(cc1)C[C@H]1c3cc(c(OC)cc3CCN1C)Oc1c(OC)c(OC)cc3c1[C@H](C2)N(C)CC3. The van der Waals surface area contributed by atoms with Crippen molar-refractivity contribution >= 4 is 0 Å². The summed E-state index contributed by atoms with van der Waals surface area (Å²) in [6.07, 6.45) is 5.34. The highest BCUT2D eigenvalue weighted by molar-refractivity contribution is 5.64. The summed E-state index contributed by atoms with van der Waals surface area (Å²) in [6.45, 7) is 3.75. The van der Waals surface area contributed by atoms with E-state index < -0.39 is 0 Å². The Balaban J connectivity index is 0.000000194. The number of hydrogen-bond acceptors (Lipinski definition) is 13. The largest absolute Gasteiger partial charge is 0.493 e. The zero-order valence-corrected chi connectivity index (χ0v) is 43.3. The molecule has 12 rings (SSSR count). The van der Waals surface area contributed by atoms with Crippen LogP contribution in [0.3, 0.4) is 0 Å². The second-order valence-electron chi connectivity index (χ2n) is 19.2. The molecule has 13 nitrogen and oxygen atoms in total. The number of fused-ring (bicyclic) bond motifs is 6. The first-order valence-electron chi connectivity index (χ1n) is 24.8. The molecular formula is C59H67N3O10. The first kappa shape index (κ1) is 48.8. The van der Waals surface area contributed by atoms with Crippen molar-refractivity contribution in [2.75, 3.05) is 90.6 Å². The van der Waals surface area contributed by atoms with Gasteiger partial charge in [-0.2, -0.15) is 0 Å². The second-order valence-corrected chi connectivity index (χ2v) is 19.2. The Morgan fingerprint density at radius 1 is 0.431 bits per heavy atom. The van der Waals surface area contributed by atoms with Gasteiger partial charge in [-0.15, -0.1) is 0 Å². The van der Waals surface area contributed by atoms with E-state index in [1.54, 1.807) is 56.9 Å². The summed E-state index contributed by atoms with van der Waals surface area (Å²) in [5.41, 5.74) is 12.4. The molecule has 1 unspecified atom stereocenters. The summed E-state index contributed by atoms with van der Waals surface area (Å²) >= 11 is 0. The normalized spacial score (nSPS) is 18.9. The minimum absolute atomic E-state index is 0.000437. The highest BCUT2D eigenvalue weighted by Gasteiger charge is 2.37. The molecule has 378 valence electrons. The van der Waals surface area contributed by atoms with Gasteiger partial charge in [-0.05, 0) is 158 Å². The lowest BCUT2D eigenvalue weighted by Gasteiger charge is -2.42. The lowest BCUT2D eigenvalue weighted by Crippen LogP contribution is -2.39. The van der Waals surface area contributed by atoms with Gasteiger partial charge >= 0.3 is 0 Å². The zero-order valence-electron chi connectivity index (χ0n) is 43.3. The Bertz CT molecular complexity index is 2960. The van der Waals surface area contributed by atoms with E-state index in [0.29, 0.717) is 46.3 Å². The lowest BCUT2D eigenvalue weighted by atomic mass is 9.83. The Morgan fingerprint density at radius 3 is 1.69 bits per heavy atom. The predicted octanol–water partition coefficient (Wildman–Crippen LogP) is 10.5. The van der Waals surface area contributed by atoms with Crippen LogP contribution in [0.4, 0.5) is 0 Å². The van der Waals surface area contributed by atoms with Crippen molar-refractivity contribution in [2.24, 2.45) is 0 Å². The van der Waals surface area contributed by atoms with Crippen molar-refractivity contribution in [2.45, 2.75) is 63.2 Å². The van der Waals surface area contributed by atoms with Crippen LogP contribution >= 0.6 is 0 Å². The molecule has 72 heavy (non-hydrogen) atoms. The Morgan fingerprint density at radius 2 is 1.00 bits per heavy atom. The molecule has 0 saturated carbocycles. The molecule has 0 fully saturated rings. The fourth-order valence-electron chi connectivity index (χ4n) is 11.6. The minimum atomic E-state index is 0.000437. The molecule has 0 amide bonds. The zero-order chi connectivity index (χ0) is 50.2. The number of hydrogen-bond donors (Lipinski definition) is 0. The van der Waals surface area contributed by atoms with Crippen molar-refractivity contribution in [3.63, 3.8) is 0 Å². The van der Waals surface area contributed by atoms with E-state index >= 15 is 0 Å². The van der Waals surface area contributed by atoms with Crippen LogP contribution in [-0.2, 0) is 45.1 Å². The predicted molar refractivity (Wildman–Crippen MR) is 277 cm³/mol. The summed E-state index contributed by atoms with van der Waals surface area (Å²) in [5.74, 6) is 8.68. The number of rotatable bonds is 8. The van der Waals surface area contributed by atoms with Gasteiger partial charge in [0.2, 0.25) is 5.75 Å². The number of methoxy groups -OCH3 is 8. The highest BCUT2D eigenvalue weighted by atomic mass is 16.5. The van der Waals surface area contributed by atoms with E-state index in [9.17, 15) is 0 Å². The average molecular weight is 978 g/mol. The quantitative estimate of drug-likeness (QED) is 0.145. The van der Waals surface area contributed by atoms with E-state index in [1.165, 1.54) is 44.5 Å². The molecule has 0 saturated heterocycles. The van der Waals surface area contributed by atoms with Crippen LogP contribution in [0.15, 0.2) is 84.9 Å². The minimum Gasteiger partial charge on any atom is -0.493 e. The van der Waals surface area contributed by atoms with Crippen molar-refractivity contribution < 1.29 is 47.4 Å². The molecule has 0 aromatic heterocycles. The van der Waals surface area contributed by atoms with Crippen LogP contribution in [0.2, 0.25) is 0 Å². The second kappa shape index (κ2) is 20.7. The summed E-state index contributed by atoms with van der Waals surface area (Å²) in [7, 11) is 17.9. The summed E-state index contributed by atoms with van der Waals surface area (Å²) in [4.78, 5) is 7.34. The Hall–Kier alpha value is -6.80. The third-order valence-electron chi connectivity index (χ3n) is 15.5. The van der Waals surface area contributed by atoms with Gasteiger partial charge in [0, 0.05) is 55.4 Å². The van der Waals surface area contributed by atoms with Gasteiger partial charge in [-0.3, -0.25) is 14.7 Å². The molecule has 6 aliphatic rings. The Labute approximate surface area is 424 Å². The molecule has 6 heterocycles. The van der Waals surface area contributed by atoms with Crippen molar-refractivity contribution in [1.29, 1.82) is 0 Å². The molecule has 6 bridgehead atoms. The van der Waals surface area contributed by atoms with Gasteiger partial charge < -0.3 is 47.4 Å². The summed E-state index contributed by atoms with van der Waals surface area (Å²) < 4.78 is 59.2. The number of nitrogens with zero attached hydrogens (tertiary/aromatic N) is 3.